The van der Waals surface area contributed by atoms with Crippen molar-refractivity contribution in [3.05, 3.63) is 11.8 Å². The van der Waals surface area contributed by atoms with E-state index in [1.165, 1.54) is 37.4 Å². The van der Waals surface area contributed by atoms with Crippen LogP contribution in [0.25, 0.3) is 0 Å². The number of nitrogens with zero attached hydrogens (tertiary/aromatic N) is 3. The highest BCUT2D eigenvalue weighted by atomic mass is 32.2. The fourth-order valence-electron chi connectivity index (χ4n) is 3.16. The number of anilines is 1. The van der Waals surface area contributed by atoms with E-state index in [1.807, 2.05) is 19.5 Å². The molecule has 1 atom stereocenters. The Morgan fingerprint density at radius 1 is 1.42 bits per heavy atom. The summed E-state index contributed by atoms with van der Waals surface area (Å²) in [6, 6.07) is 0.0670. The van der Waals surface area contributed by atoms with E-state index in [1.54, 1.807) is 4.90 Å². The van der Waals surface area contributed by atoms with Crippen molar-refractivity contribution >= 4 is 23.6 Å². The van der Waals surface area contributed by atoms with Crippen LogP contribution in [0.1, 0.15) is 37.3 Å². The number of hydrogen-bond donors (Lipinski definition) is 1. The summed E-state index contributed by atoms with van der Waals surface area (Å²) >= 11 is 1.49. The van der Waals surface area contributed by atoms with E-state index in [0.717, 1.165) is 5.56 Å². The molecule has 0 bridgehead atoms. The smallest absolute Gasteiger partial charge is 0.320 e. The molecule has 2 aliphatic rings. The van der Waals surface area contributed by atoms with Crippen LogP contribution in [0.3, 0.4) is 0 Å². The molecule has 1 aromatic heterocycles. The molecule has 102 valence electrons. The summed E-state index contributed by atoms with van der Waals surface area (Å²) in [5, 5.41) is 3.56. The minimum atomic E-state index is -0.0600. The summed E-state index contributed by atoms with van der Waals surface area (Å²) in [7, 11) is 1.86. The van der Waals surface area contributed by atoms with Gasteiger partial charge < -0.3 is 4.90 Å². The molecule has 0 aromatic carbocycles. The van der Waals surface area contributed by atoms with E-state index >= 15 is 0 Å². The van der Waals surface area contributed by atoms with Crippen molar-refractivity contribution in [3.63, 3.8) is 0 Å². The second-order valence-corrected chi connectivity index (χ2v) is 5.96. The summed E-state index contributed by atoms with van der Waals surface area (Å²) in [6.45, 7) is 0. The van der Waals surface area contributed by atoms with Gasteiger partial charge in [-0.3, -0.25) is 5.32 Å². The Hall–Kier alpha value is -1.30. The van der Waals surface area contributed by atoms with Gasteiger partial charge in [-0.25, -0.2) is 14.8 Å². The molecule has 2 heterocycles. The van der Waals surface area contributed by atoms with Crippen molar-refractivity contribution in [1.29, 1.82) is 0 Å². The number of fused-ring (bicyclic) bond motifs is 1. The summed E-state index contributed by atoms with van der Waals surface area (Å²) in [4.78, 5) is 22.7. The van der Waals surface area contributed by atoms with Gasteiger partial charge in [-0.15, -0.1) is 0 Å². The first-order valence-electron chi connectivity index (χ1n) is 6.65. The zero-order valence-electron chi connectivity index (χ0n) is 11.2. The Balaban J connectivity index is 2.01. The summed E-state index contributed by atoms with van der Waals surface area (Å²) in [5.41, 5.74) is 1.06. The second kappa shape index (κ2) is 5.00. The molecular weight excluding hydrogens is 260 g/mol. The van der Waals surface area contributed by atoms with Crippen LogP contribution in [-0.4, -0.2) is 34.2 Å². The van der Waals surface area contributed by atoms with E-state index in [-0.39, 0.29) is 12.1 Å². The van der Waals surface area contributed by atoms with Gasteiger partial charge in [0, 0.05) is 18.8 Å². The van der Waals surface area contributed by atoms with Crippen molar-refractivity contribution in [2.75, 3.05) is 18.6 Å². The number of carbonyl (C=O) groups is 1. The van der Waals surface area contributed by atoms with Gasteiger partial charge in [-0.1, -0.05) is 24.6 Å². The van der Waals surface area contributed by atoms with Gasteiger partial charge >= 0.3 is 6.03 Å². The van der Waals surface area contributed by atoms with Gasteiger partial charge in [0.25, 0.3) is 0 Å². The molecule has 0 saturated heterocycles. The molecule has 1 N–H and O–H groups in total. The Morgan fingerprint density at radius 3 is 2.84 bits per heavy atom. The monoisotopic (exact) mass is 278 g/mol. The second-order valence-electron chi connectivity index (χ2n) is 5.19. The Bertz CT molecular complexity index is 501. The van der Waals surface area contributed by atoms with Crippen molar-refractivity contribution in [3.8, 4) is 0 Å². The Kier molecular flexibility index (Phi) is 3.35. The van der Waals surface area contributed by atoms with Crippen LogP contribution in [0, 0.1) is 5.92 Å². The molecule has 5 nitrogen and oxygen atoms in total. The zero-order valence-corrected chi connectivity index (χ0v) is 12.0. The van der Waals surface area contributed by atoms with Gasteiger partial charge in [0.15, 0.2) is 5.16 Å². The predicted octanol–water partition coefficient (Wildman–Crippen LogP) is 2.91. The van der Waals surface area contributed by atoms with Crippen LogP contribution >= 0.6 is 11.8 Å². The Labute approximate surface area is 117 Å². The molecule has 0 spiro atoms. The summed E-state index contributed by atoms with van der Waals surface area (Å²) < 4.78 is 0. The van der Waals surface area contributed by atoms with Crippen molar-refractivity contribution < 1.29 is 4.79 Å². The molecule has 1 unspecified atom stereocenters. The first kappa shape index (κ1) is 12.7. The molecule has 19 heavy (non-hydrogen) atoms. The van der Waals surface area contributed by atoms with Crippen LogP contribution < -0.4 is 5.32 Å². The van der Waals surface area contributed by atoms with E-state index in [9.17, 15) is 4.79 Å². The SMILES string of the molecule is CSc1ncc2c(n1)NC(=O)N(C)C2C1CCCC1. The molecule has 1 aromatic rings. The van der Waals surface area contributed by atoms with Gasteiger partial charge in [-0.05, 0) is 25.0 Å². The normalized spacial score (nSPS) is 23.4. The quantitative estimate of drug-likeness (QED) is 0.667. The van der Waals surface area contributed by atoms with Crippen LogP contribution in [0.15, 0.2) is 11.4 Å². The van der Waals surface area contributed by atoms with Crippen molar-refractivity contribution in [1.82, 2.24) is 14.9 Å². The van der Waals surface area contributed by atoms with Crippen LogP contribution in [-0.2, 0) is 0 Å². The lowest BCUT2D eigenvalue weighted by atomic mass is 9.90. The van der Waals surface area contributed by atoms with Crippen molar-refractivity contribution in [2.24, 2.45) is 5.92 Å². The highest BCUT2D eigenvalue weighted by molar-refractivity contribution is 7.98. The fraction of sp³-hybridized carbons (Fsp3) is 0.615. The highest BCUT2D eigenvalue weighted by Crippen LogP contribution is 2.43. The first-order valence-corrected chi connectivity index (χ1v) is 7.88. The largest absolute Gasteiger partial charge is 0.323 e. The van der Waals surface area contributed by atoms with E-state index < -0.39 is 0 Å². The average molecular weight is 278 g/mol. The lowest BCUT2D eigenvalue weighted by Gasteiger charge is -2.37. The standard InChI is InChI=1S/C13H18N4OS/c1-17-10(8-5-3-4-6-8)9-7-14-12(19-2)15-11(9)16-13(17)18/h7-8,10H,3-6H2,1-2H3,(H,14,15,16,18). The zero-order chi connectivity index (χ0) is 13.4. The maximum Gasteiger partial charge on any atom is 0.323 e. The number of amides is 2. The molecule has 0 radical (unpaired) electrons. The minimum absolute atomic E-state index is 0.0600. The van der Waals surface area contributed by atoms with Gasteiger partial charge in [-0.2, -0.15) is 0 Å². The number of hydrogen-bond acceptors (Lipinski definition) is 4. The number of aromatic nitrogens is 2. The third kappa shape index (κ3) is 2.18. The number of thioether (sulfide) groups is 1. The average Bonchev–Trinajstić information content (AvgIpc) is 2.93. The van der Waals surface area contributed by atoms with Gasteiger partial charge in [0.05, 0.1) is 6.04 Å². The molecule has 6 heteroatoms. The number of nitrogens with one attached hydrogen (secondary N) is 1. The molecular formula is C13H18N4OS. The summed E-state index contributed by atoms with van der Waals surface area (Å²) in [6.07, 6.45) is 8.71. The topological polar surface area (TPSA) is 58.1 Å². The fourth-order valence-corrected chi connectivity index (χ4v) is 3.50. The summed E-state index contributed by atoms with van der Waals surface area (Å²) in [5.74, 6) is 1.23. The maximum absolute atomic E-state index is 12.1. The first-order chi connectivity index (χ1) is 9.20. The molecule has 1 aliphatic carbocycles. The van der Waals surface area contributed by atoms with E-state index in [0.29, 0.717) is 16.9 Å². The molecule has 1 saturated carbocycles. The lowest BCUT2D eigenvalue weighted by Crippen LogP contribution is -2.42. The van der Waals surface area contributed by atoms with Gasteiger partial charge in [0.2, 0.25) is 0 Å². The molecule has 1 fully saturated rings. The number of carbonyl (C=O) groups excluding carboxylic acids is 1. The molecule has 1 aliphatic heterocycles. The maximum atomic E-state index is 12.1. The number of rotatable bonds is 2. The van der Waals surface area contributed by atoms with Crippen LogP contribution in [0.5, 0.6) is 0 Å². The van der Waals surface area contributed by atoms with Crippen LogP contribution in [0.4, 0.5) is 10.6 Å². The highest BCUT2D eigenvalue weighted by Gasteiger charge is 2.37. The third-order valence-corrected chi connectivity index (χ3v) is 4.67. The Morgan fingerprint density at radius 2 is 2.16 bits per heavy atom. The minimum Gasteiger partial charge on any atom is -0.320 e. The molecule has 3 rings (SSSR count). The van der Waals surface area contributed by atoms with Crippen molar-refractivity contribution in [2.45, 2.75) is 36.9 Å². The molecule has 2 amide bonds. The predicted molar refractivity (Wildman–Crippen MR) is 75.3 cm³/mol. The van der Waals surface area contributed by atoms with Gasteiger partial charge in [0.1, 0.15) is 5.82 Å². The van der Waals surface area contributed by atoms with Crippen LogP contribution in [0.2, 0.25) is 0 Å². The van der Waals surface area contributed by atoms with E-state index in [2.05, 4.69) is 15.3 Å². The lowest BCUT2D eigenvalue weighted by molar-refractivity contribution is 0.174. The number of urea groups is 1. The third-order valence-electron chi connectivity index (χ3n) is 4.11. The van der Waals surface area contributed by atoms with E-state index in [4.69, 9.17) is 0 Å².